The Morgan fingerprint density at radius 2 is 1.89 bits per heavy atom. The Balaban J connectivity index is 1.51. The minimum absolute atomic E-state index is 0.0317. The third-order valence-corrected chi connectivity index (χ3v) is 9.01. The second-order valence-corrected chi connectivity index (χ2v) is 12.0. The number of hydrogen-bond donors (Lipinski definition) is 1. The van der Waals surface area contributed by atoms with E-state index < -0.39 is 10.0 Å². The van der Waals surface area contributed by atoms with Gasteiger partial charge in [-0.2, -0.15) is 0 Å². The van der Waals surface area contributed by atoms with Gasteiger partial charge in [0, 0.05) is 43.8 Å². The summed E-state index contributed by atoms with van der Waals surface area (Å²) in [6.45, 7) is 2.82. The highest BCUT2D eigenvalue weighted by atomic mass is 35.5. The number of Topliss-reactive ketones (excluding diaryl/α,β-unsaturated/α-hetero) is 1. The van der Waals surface area contributed by atoms with Gasteiger partial charge in [-0.25, -0.2) is 22.4 Å². The van der Waals surface area contributed by atoms with Crippen LogP contribution in [0.15, 0.2) is 30.6 Å². The summed E-state index contributed by atoms with van der Waals surface area (Å²) in [7, 11) is -1.96. The molecule has 2 aromatic heterocycles. The van der Waals surface area contributed by atoms with E-state index >= 15 is 0 Å². The Morgan fingerprint density at radius 1 is 1.13 bits per heavy atom. The van der Waals surface area contributed by atoms with Crippen molar-refractivity contribution in [2.45, 2.75) is 32.6 Å². The second kappa shape index (κ2) is 10.6. The number of methoxy groups -OCH3 is 1. The molecule has 0 unspecified atom stereocenters. The van der Waals surface area contributed by atoms with Crippen LogP contribution in [0.4, 0.5) is 17.3 Å². The number of fused-ring (bicyclic) bond motifs is 1. The molecule has 1 fully saturated rings. The summed E-state index contributed by atoms with van der Waals surface area (Å²) in [6, 6.07) is 3.57. The minimum Gasteiger partial charge on any atom is -0.494 e. The van der Waals surface area contributed by atoms with Gasteiger partial charge < -0.3 is 15.0 Å². The van der Waals surface area contributed by atoms with Crippen LogP contribution >= 0.6 is 23.2 Å². The number of carbonyl (C=O) groups is 1. The van der Waals surface area contributed by atoms with Gasteiger partial charge in [-0.15, -0.1) is 0 Å². The molecule has 0 atom stereocenters. The fourth-order valence-corrected chi connectivity index (χ4v) is 6.24. The van der Waals surface area contributed by atoms with Crippen molar-refractivity contribution in [2.24, 2.45) is 0 Å². The fourth-order valence-electron chi connectivity index (χ4n) is 4.75. The molecule has 200 valence electrons. The lowest BCUT2D eigenvalue weighted by Gasteiger charge is -2.29. The number of anilines is 3. The molecule has 1 N–H and O–H groups in total. The van der Waals surface area contributed by atoms with Gasteiger partial charge in [0.25, 0.3) is 0 Å². The maximum Gasteiger partial charge on any atom is 0.238 e. The van der Waals surface area contributed by atoms with Crippen molar-refractivity contribution in [3.63, 3.8) is 0 Å². The van der Waals surface area contributed by atoms with E-state index in [0.717, 1.165) is 17.7 Å². The molecule has 1 aliphatic heterocycles. The third-order valence-electron chi connectivity index (χ3n) is 6.80. The number of aromatic nitrogens is 3. The van der Waals surface area contributed by atoms with E-state index in [0.29, 0.717) is 70.8 Å². The number of nitrogens with zero attached hydrogens (tertiary/aromatic N) is 4. The number of ether oxygens (including phenoxy) is 1. The molecule has 3 aromatic rings. The molecule has 0 radical (unpaired) electrons. The number of piperidine rings is 1. The van der Waals surface area contributed by atoms with Crippen LogP contribution in [0, 0.1) is 0 Å². The van der Waals surface area contributed by atoms with E-state index in [1.807, 2.05) is 18.2 Å². The zero-order valence-electron chi connectivity index (χ0n) is 21.0. The minimum atomic E-state index is -3.52. The molecule has 0 saturated carbocycles. The highest BCUT2D eigenvalue weighted by molar-refractivity contribution is 7.89. The zero-order chi connectivity index (χ0) is 27.0. The first kappa shape index (κ1) is 26.5. The quantitative estimate of drug-likeness (QED) is 0.402. The first-order chi connectivity index (χ1) is 18.2. The van der Waals surface area contributed by atoms with Crippen molar-refractivity contribution < 1.29 is 17.9 Å². The van der Waals surface area contributed by atoms with Crippen LogP contribution in [0.1, 0.15) is 37.4 Å². The highest BCUT2D eigenvalue weighted by Crippen LogP contribution is 2.40. The van der Waals surface area contributed by atoms with Gasteiger partial charge in [-0.1, -0.05) is 29.3 Å². The van der Waals surface area contributed by atoms with Crippen molar-refractivity contribution in [3.8, 4) is 17.0 Å². The van der Waals surface area contributed by atoms with E-state index in [1.165, 1.54) is 10.2 Å². The van der Waals surface area contributed by atoms with Crippen molar-refractivity contribution in [1.82, 2.24) is 13.9 Å². The lowest BCUT2D eigenvalue weighted by molar-refractivity contribution is -0.119. The molecule has 1 aromatic carbocycles. The molecule has 5 rings (SSSR count). The fraction of sp³-hybridized carbons (Fsp3) is 0.346. The van der Waals surface area contributed by atoms with Gasteiger partial charge in [0.1, 0.15) is 11.5 Å². The van der Waals surface area contributed by atoms with Crippen molar-refractivity contribution in [2.75, 3.05) is 36.2 Å². The van der Waals surface area contributed by atoms with Crippen LogP contribution in [0.5, 0.6) is 5.75 Å². The predicted octanol–water partition coefficient (Wildman–Crippen LogP) is 5.33. The standard InChI is InChI=1S/C26H27Cl2N5O4S/c1-3-38(35,36)33-15-18(17-6-4-5-7-22(17)33)25-20(28)14-29-26(31-25)30-21-12-19(27)23(13-24(21)37-2)32-10-8-16(34)9-11-32/h5,7,12-15H,3-4,6,8-11H2,1-2H3,(H,29,30,31). The smallest absolute Gasteiger partial charge is 0.238 e. The summed E-state index contributed by atoms with van der Waals surface area (Å²) in [5, 5.41) is 3.97. The summed E-state index contributed by atoms with van der Waals surface area (Å²) in [5.74, 6) is 0.999. The van der Waals surface area contributed by atoms with Crippen LogP contribution in [0.3, 0.4) is 0 Å². The summed E-state index contributed by atoms with van der Waals surface area (Å²) < 4.78 is 32.5. The summed E-state index contributed by atoms with van der Waals surface area (Å²) in [5.41, 5.74) is 3.93. The monoisotopic (exact) mass is 575 g/mol. The van der Waals surface area contributed by atoms with Gasteiger partial charge >= 0.3 is 0 Å². The molecule has 1 saturated heterocycles. The molecule has 0 amide bonds. The number of allylic oxidation sites excluding steroid dienone is 1. The third kappa shape index (κ3) is 5.00. The molecule has 0 spiro atoms. The first-order valence-corrected chi connectivity index (χ1v) is 14.7. The molecular formula is C26H27Cl2N5O4S. The molecular weight excluding hydrogens is 549 g/mol. The van der Waals surface area contributed by atoms with E-state index in [4.69, 9.17) is 27.9 Å². The highest BCUT2D eigenvalue weighted by Gasteiger charge is 2.26. The second-order valence-electron chi connectivity index (χ2n) is 9.09. The van der Waals surface area contributed by atoms with Crippen molar-refractivity contribution in [1.29, 1.82) is 0 Å². The Morgan fingerprint density at radius 3 is 2.61 bits per heavy atom. The predicted molar refractivity (Wildman–Crippen MR) is 150 cm³/mol. The van der Waals surface area contributed by atoms with Crippen molar-refractivity contribution >= 4 is 62.4 Å². The molecule has 12 heteroatoms. The largest absolute Gasteiger partial charge is 0.494 e. The molecule has 2 aliphatic rings. The summed E-state index contributed by atoms with van der Waals surface area (Å²) >= 11 is 13.2. The van der Waals surface area contributed by atoms with E-state index in [9.17, 15) is 13.2 Å². The van der Waals surface area contributed by atoms with Crippen LogP contribution < -0.4 is 15.0 Å². The number of nitrogens with one attached hydrogen (secondary N) is 1. The van der Waals surface area contributed by atoms with Gasteiger partial charge in [0.15, 0.2) is 0 Å². The Labute approximate surface area is 231 Å². The molecule has 0 bridgehead atoms. The number of carbonyl (C=O) groups excluding carboxylic acids is 1. The lowest BCUT2D eigenvalue weighted by atomic mass is 9.99. The van der Waals surface area contributed by atoms with Crippen LogP contribution in [-0.4, -0.2) is 54.1 Å². The average molecular weight is 577 g/mol. The first-order valence-electron chi connectivity index (χ1n) is 12.3. The average Bonchev–Trinajstić information content (AvgIpc) is 3.31. The number of benzene rings is 1. The summed E-state index contributed by atoms with van der Waals surface area (Å²) in [4.78, 5) is 22.7. The molecule has 3 heterocycles. The molecule has 9 nitrogen and oxygen atoms in total. The van der Waals surface area contributed by atoms with Gasteiger partial charge in [-0.05, 0) is 37.5 Å². The van der Waals surface area contributed by atoms with Crippen LogP contribution in [0.2, 0.25) is 10.0 Å². The van der Waals surface area contributed by atoms with Crippen LogP contribution in [0.25, 0.3) is 17.3 Å². The number of hydrogen-bond acceptors (Lipinski definition) is 8. The number of ketones is 1. The van der Waals surface area contributed by atoms with Gasteiger partial charge in [0.05, 0.1) is 51.9 Å². The Bertz CT molecular complexity index is 1540. The molecule has 38 heavy (non-hydrogen) atoms. The number of rotatable bonds is 7. The molecule has 1 aliphatic carbocycles. The topological polar surface area (TPSA) is 106 Å². The maximum atomic E-state index is 12.8. The van der Waals surface area contributed by atoms with Crippen molar-refractivity contribution in [3.05, 3.63) is 51.9 Å². The maximum absolute atomic E-state index is 12.8. The van der Waals surface area contributed by atoms with Gasteiger partial charge in [-0.3, -0.25) is 4.79 Å². The van der Waals surface area contributed by atoms with E-state index in [2.05, 4.69) is 20.2 Å². The van der Waals surface area contributed by atoms with Crippen LogP contribution in [-0.2, 0) is 21.2 Å². The van der Waals surface area contributed by atoms with E-state index in [1.54, 1.807) is 26.3 Å². The Kier molecular flexibility index (Phi) is 7.39. The lowest BCUT2D eigenvalue weighted by Crippen LogP contribution is -2.33. The summed E-state index contributed by atoms with van der Waals surface area (Å²) in [6.07, 6.45) is 9.30. The normalized spacial score (nSPS) is 15.5. The van der Waals surface area contributed by atoms with E-state index in [-0.39, 0.29) is 17.5 Å². The zero-order valence-corrected chi connectivity index (χ0v) is 23.3. The SMILES string of the molecule is CCS(=O)(=O)n1cc(-c2nc(Nc3cc(Cl)c(N4CCC(=O)CC4)cc3OC)ncc2Cl)c2c1C=CCC2. The van der Waals surface area contributed by atoms with Gasteiger partial charge in [0.2, 0.25) is 16.0 Å². The number of halogens is 2. The Hall–Kier alpha value is -3.08.